The van der Waals surface area contributed by atoms with Gasteiger partial charge in [0.1, 0.15) is 0 Å². The number of nitrogens with zero attached hydrogens (tertiary/aromatic N) is 1. The van der Waals surface area contributed by atoms with Gasteiger partial charge in [0.2, 0.25) is 10.0 Å². The van der Waals surface area contributed by atoms with Crippen LogP contribution in [0.1, 0.15) is 32.4 Å². The van der Waals surface area contributed by atoms with E-state index in [0.29, 0.717) is 12.1 Å². The Balaban J connectivity index is 3.01. The molecule has 1 aromatic rings. The first-order chi connectivity index (χ1) is 9.63. The zero-order valence-corrected chi connectivity index (χ0v) is 14.2. The second kappa shape index (κ2) is 7.35. The number of rotatable bonds is 7. The average Bonchev–Trinajstić information content (AvgIpc) is 2.37. The molecule has 0 aliphatic heterocycles. The quantitative estimate of drug-likeness (QED) is 0.802. The number of aliphatic hydroxyl groups excluding tert-OH is 1. The number of benzene rings is 1. The Bertz CT molecular complexity index is 554. The van der Waals surface area contributed by atoms with Crippen molar-refractivity contribution >= 4 is 10.0 Å². The maximum atomic E-state index is 12.5. The second-order valence-electron chi connectivity index (χ2n) is 5.98. The number of likely N-dealkylation sites (N-methyl/N-ethyl adjacent to an activating group) is 1. The summed E-state index contributed by atoms with van der Waals surface area (Å²) < 4.78 is 27.7. The number of aliphatic hydroxyl groups is 1. The van der Waals surface area contributed by atoms with Gasteiger partial charge in [0.25, 0.3) is 0 Å². The van der Waals surface area contributed by atoms with E-state index in [2.05, 4.69) is 4.72 Å². The minimum absolute atomic E-state index is 0.166. The van der Waals surface area contributed by atoms with Crippen molar-refractivity contribution in [3.63, 3.8) is 0 Å². The fraction of sp³-hybridized carbons (Fsp3) is 0.600. The Morgan fingerprint density at radius 3 is 2.33 bits per heavy atom. The lowest BCUT2D eigenvalue weighted by Gasteiger charge is -2.25. The summed E-state index contributed by atoms with van der Waals surface area (Å²) in [4.78, 5) is 2.14. The molecule has 0 aliphatic rings. The van der Waals surface area contributed by atoms with Gasteiger partial charge in [0, 0.05) is 12.6 Å². The molecule has 0 radical (unpaired) electrons. The molecule has 0 amide bonds. The molecule has 0 fully saturated rings. The summed E-state index contributed by atoms with van der Waals surface area (Å²) in [6.45, 7) is 6.22. The fourth-order valence-electron chi connectivity index (χ4n) is 1.99. The van der Waals surface area contributed by atoms with Crippen molar-refractivity contribution in [2.75, 3.05) is 20.6 Å². The summed E-state index contributed by atoms with van der Waals surface area (Å²) in [5.41, 5.74) is 0.589. The molecule has 2 atom stereocenters. The van der Waals surface area contributed by atoms with Gasteiger partial charge < -0.3 is 10.0 Å². The normalized spacial score (nSPS) is 15.4. The van der Waals surface area contributed by atoms with Crippen molar-refractivity contribution in [3.8, 4) is 0 Å². The Morgan fingerprint density at radius 1 is 1.24 bits per heavy atom. The number of hydrogen-bond donors (Lipinski definition) is 2. The highest BCUT2D eigenvalue weighted by molar-refractivity contribution is 7.89. The molecule has 0 saturated carbocycles. The van der Waals surface area contributed by atoms with Crippen LogP contribution in [-0.4, -0.2) is 45.1 Å². The van der Waals surface area contributed by atoms with Crippen LogP contribution >= 0.6 is 0 Å². The number of hydrogen-bond acceptors (Lipinski definition) is 4. The third kappa shape index (κ3) is 5.39. The maximum Gasteiger partial charge on any atom is 0.240 e. The van der Waals surface area contributed by atoms with Crippen LogP contribution in [0.15, 0.2) is 29.2 Å². The van der Waals surface area contributed by atoms with Gasteiger partial charge >= 0.3 is 0 Å². The molecule has 21 heavy (non-hydrogen) atoms. The Labute approximate surface area is 128 Å². The van der Waals surface area contributed by atoms with Gasteiger partial charge in [-0.15, -0.1) is 0 Å². The molecule has 0 aromatic heterocycles. The minimum Gasteiger partial charge on any atom is -0.389 e. The molecule has 0 heterocycles. The van der Waals surface area contributed by atoms with Gasteiger partial charge in [-0.25, -0.2) is 13.1 Å². The summed E-state index contributed by atoms with van der Waals surface area (Å²) in [6.07, 6.45) is -0.692. The highest BCUT2D eigenvalue weighted by Crippen LogP contribution is 2.18. The Hall–Kier alpha value is -0.950. The molecule has 0 spiro atoms. The summed E-state index contributed by atoms with van der Waals surface area (Å²) in [7, 11) is 0.235. The van der Waals surface area contributed by atoms with Crippen molar-refractivity contribution in [3.05, 3.63) is 29.8 Å². The predicted molar refractivity (Wildman–Crippen MR) is 84.6 cm³/mol. The van der Waals surface area contributed by atoms with E-state index in [9.17, 15) is 13.5 Å². The summed E-state index contributed by atoms with van der Waals surface area (Å²) in [5, 5.41) is 9.58. The van der Waals surface area contributed by atoms with Crippen LogP contribution in [0.4, 0.5) is 0 Å². The summed E-state index contributed by atoms with van der Waals surface area (Å²) in [5.74, 6) is 0.183. The van der Waals surface area contributed by atoms with Crippen LogP contribution in [0.2, 0.25) is 0 Å². The standard InChI is InChI=1S/C15H26N2O3S/c1-11(2)15(10-17(4)5)16-21(19,20)14-8-6-7-13(9-14)12(3)18/h6-9,11-12,15-16,18H,10H2,1-5H3. The molecule has 5 nitrogen and oxygen atoms in total. The van der Waals surface area contributed by atoms with Crippen LogP contribution in [0.3, 0.4) is 0 Å². The van der Waals surface area contributed by atoms with Crippen LogP contribution in [-0.2, 0) is 10.0 Å². The van der Waals surface area contributed by atoms with E-state index in [1.54, 1.807) is 25.1 Å². The molecular formula is C15H26N2O3S. The molecule has 1 rings (SSSR count). The topological polar surface area (TPSA) is 69.6 Å². The Morgan fingerprint density at radius 2 is 1.86 bits per heavy atom. The van der Waals surface area contributed by atoms with Crippen molar-refractivity contribution < 1.29 is 13.5 Å². The zero-order chi connectivity index (χ0) is 16.2. The van der Waals surface area contributed by atoms with Crippen molar-refractivity contribution in [2.45, 2.75) is 37.8 Å². The lowest BCUT2D eigenvalue weighted by atomic mass is 10.1. The first-order valence-electron chi connectivity index (χ1n) is 7.08. The fourth-order valence-corrected chi connectivity index (χ4v) is 3.42. The molecule has 2 unspecified atom stereocenters. The van der Waals surface area contributed by atoms with E-state index in [1.807, 2.05) is 32.8 Å². The van der Waals surface area contributed by atoms with E-state index >= 15 is 0 Å². The molecule has 120 valence electrons. The Kier molecular flexibility index (Phi) is 6.34. The van der Waals surface area contributed by atoms with Gasteiger partial charge in [-0.2, -0.15) is 0 Å². The van der Waals surface area contributed by atoms with Crippen LogP contribution < -0.4 is 4.72 Å². The molecular weight excluding hydrogens is 288 g/mol. The molecule has 1 aromatic carbocycles. The lowest BCUT2D eigenvalue weighted by molar-refractivity contribution is 0.199. The van der Waals surface area contributed by atoms with Gasteiger partial charge in [-0.3, -0.25) is 0 Å². The monoisotopic (exact) mass is 314 g/mol. The summed E-state index contributed by atoms with van der Waals surface area (Å²) >= 11 is 0. The average molecular weight is 314 g/mol. The first kappa shape index (κ1) is 18.1. The third-order valence-corrected chi connectivity index (χ3v) is 4.81. The molecule has 0 saturated heterocycles. The molecule has 0 bridgehead atoms. The van der Waals surface area contributed by atoms with Crippen LogP contribution in [0.5, 0.6) is 0 Å². The minimum atomic E-state index is -3.59. The van der Waals surface area contributed by atoms with Crippen LogP contribution in [0.25, 0.3) is 0 Å². The number of sulfonamides is 1. The van der Waals surface area contributed by atoms with Crippen molar-refractivity contribution in [1.29, 1.82) is 0 Å². The second-order valence-corrected chi connectivity index (χ2v) is 7.70. The summed E-state index contributed by atoms with van der Waals surface area (Å²) in [6, 6.07) is 6.25. The molecule has 0 aliphatic carbocycles. The first-order valence-corrected chi connectivity index (χ1v) is 8.57. The number of nitrogens with one attached hydrogen (secondary N) is 1. The van der Waals surface area contributed by atoms with E-state index in [0.717, 1.165) is 0 Å². The van der Waals surface area contributed by atoms with Gasteiger partial charge in [0.15, 0.2) is 0 Å². The SMILES string of the molecule is CC(O)c1cccc(S(=O)(=O)NC(CN(C)C)C(C)C)c1. The molecule has 2 N–H and O–H groups in total. The zero-order valence-electron chi connectivity index (χ0n) is 13.4. The largest absolute Gasteiger partial charge is 0.389 e. The van der Waals surface area contributed by atoms with E-state index in [-0.39, 0.29) is 16.9 Å². The van der Waals surface area contributed by atoms with E-state index in [4.69, 9.17) is 0 Å². The smallest absolute Gasteiger partial charge is 0.240 e. The van der Waals surface area contributed by atoms with E-state index in [1.165, 1.54) is 6.07 Å². The van der Waals surface area contributed by atoms with Crippen LogP contribution in [0, 0.1) is 5.92 Å². The van der Waals surface area contributed by atoms with Crippen molar-refractivity contribution in [2.24, 2.45) is 5.92 Å². The highest BCUT2D eigenvalue weighted by Gasteiger charge is 2.23. The predicted octanol–water partition coefficient (Wildman–Crippen LogP) is 1.60. The van der Waals surface area contributed by atoms with E-state index < -0.39 is 16.1 Å². The maximum absolute atomic E-state index is 12.5. The molecule has 6 heteroatoms. The third-order valence-electron chi connectivity index (χ3n) is 3.32. The highest BCUT2D eigenvalue weighted by atomic mass is 32.2. The van der Waals surface area contributed by atoms with Crippen molar-refractivity contribution in [1.82, 2.24) is 9.62 Å². The lowest BCUT2D eigenvalue weighted by Crippen LogP contribution is -2.44. The van der Waals surface area contributed by atoms with Gasteiger partial charge in [-0.1, -0.05) is 26.0 Å². The van der Waals surface area contributed by atoms with Gasteiger partial charge in [-0.05, 0) is 44.6 Å². The van der Waals surface area contributed by atoms with Gasteiger partial charge in [0.05, 0.1) is 11.0 Å².